The maximum Gasteiger partial charge on any atom is 0.252 e. The number of carbonyl (C=O) groups excluding carboxylic acids is 2. The monoisotopic (exact) mass is 480 g/mol. The molecule has 7 heteroatoms. The van der Waals surface area contributed by atoms with Crippen molar-refractivity contribution < 1.29 is 19.1 Å². The Morgan fingerprint density at radius 3 is 2.59 bits per heavy atom. The SMILES string of the molecule is CCC(NC(=O)CNC(=O)c1ccccc1I)c1ccc2c(c1)OCCO2. The molecule has 0 saturated heterocycles. The number of rotatable bonds is 6. The summed E-state index contributed by atoms with van der Waals surface area (Å²) < 4.78 is 12.0. The standard InChI is InChI=1S/C20H21IN2O4/c1-2-16(13-7-8-17-18(11-13)27-10-9-26-17)23-19(24)12-22-20(25)14-5-3-4-6-15(14)21/h3-8,11,16H,2,9-10,12H2,1H3,(H,22,25)(H,23,24). The molecular weight excluding hydrogens is 459 g/mol. The molecule has 2 amide bonds. The van der Waals surface area contributed by atoms with E-state index in [1.54, 1.807) is 12.1 Å². The van der Waals surface area contributed by atoms with Gasteiger partial charge < -0.3 is 20.1 Å². The molecule has 0 spiro atoms. The number of benzene rings is 2. The van der Waals surface area contributed by atoms with Gasteiger partial charge in [0.2, 0.25) is 5.91 Å². The molecule has 0 fully saturated rings. The Balaban J connectivity index is 1.59. The normalized spacial score (nSPS) is 13.6. The van der Waals surface area contributed by atoms with Crippen LogP contribution >= 0.6 is 22.6 Å². The van der Waals surface area contributed by atoms with Crippen LogP contribution in [-0.2, 0) is 4.79 Å². The predicted octanol–water partition coefficient (Wildman–Crippen LogP) is 3.06. The second kappa shape index (κ2) is 9.07. The zero-order chi connectivity index (χ0) is 19.2. The Morgan fingerprint density at radius 2 is 1.85 bits per heavy atom. The van der Waals surface area contributed by atoms with E-state index < -0.39 is 0 Å². The number of halogens is 1. The largest absolute Gasteiger partial charge is 0.486 e. The highest BCUT2D eigenvalue weighted by Crippen LogP contribution is 2.33. The molecule has 0 aliphatic carbocycles. The number of carbonyl (C=O) groups is 2. The van der Waals surface area contributed by atoms with Gasteiger partial charge in [0.05, 0.1) is 18.2 Å². The molecule has 1 unspecified atom stereocenters. The maximum absolute atomic E-state index is 12.3. The first-order chi connectivity index (χ1) is 13.1. The molecule has 1 aliphatic rings. The van der Waals surface area contributed by atoms with Crippen LogP contribution in [0.4, 0.5) is 0 Å². The Bertz CT molecular complexity index is 840. The van der Waals surface area contributed by atoms with Gasteiger partial charge in [0.1, 0.15) is 13.2 Å². The van der Waals surface area contributed by atoms with E-state index in [1.807, 2.05) is 37.3 Å². The Hall–Kier alpha value is -2.29. The van der Waals surface area contributed by atoms with Crippen LogP contribution in [0, 0.1) is 3.57 Å². The molecule has 1 heterocycles. The molecule has 2 N–H and O–H groups in total. The van der Waals surface area contributed by atoms with Gasteiger partial charge in [0.15, 0.2) is 11.5 Å². The van der Waals surface area contributed by atoms with Crippen molar-refractivity contribution >= 4 is 34.4 Å². The van der Waals surface area contributed by atoms with E-state index >= 15 is 0 Å². The number of hydrogen-bond donors (Lipinski definition) is 2. The van der Waals surface area contributed by atoms with E-state index in [2.05, 4.69) is 33.2 Å². The lowest BCUT2D eigenvalue weighted by atomic mass is 10.0. The van der Waals surface area contributed by atoms with Gasteiger partial charge >= 0.3 is 0 Å². The molecule has 2 aromatic carbocycles. The van der Waals surface area contributed by atoms with Crippen LogP contribution in [0.2, 0.25) is 0 Å². The predicted molar refractivity (Wildman–Crippen MR) is 110 cm³/mol. The van der Waals surface area contributed by atoms with Crippen LogP contribution in [0.15, 0.2) is 42.5 Å². The molecule has 3 rings (SSSR count). The summed E-state index contributed by atoms with van der Waals surface area (Å²) in [5.41, 5.74) is 1.50. The topological polar surface area (TPSA) is 76.7 Å². The minimum atomic E-state index is -0.262. The molecule has 0 aromatic heterocycles. The maximum atomic E-state index is 12.3. The zero-order valence-electron chi connectivity index (χ0n) is 15.0. The molecule has 1 aliphatic heterocycles. The fraction of sp³-hybridized carbons (Fsp3) is 0.300. The molecule has 0 saturated carbocycles. The lowest BCUT2D eigenvalue weighted by Gasteiger charge is -2.22. The quantitative estimate of drug-likeness (QED) is 0.624. The number of fused-ring (bicyclic) bond motifs is 1. The van der Waals surface area contributed by atoms with Gasteiger partial charge in [-0.05, 0) is 58.8 Å². The molecule has 27 heavy (non-hydrogen) atoms. The van der Waals surface area contributed by atoms with E-state index in [4.69, 9.17) is 9.47 Å². The lowest BCUT2D eigenvalue weighted by Crippen LogP contribution is -2.38. The summed E-state index contributed by atoms with van der Waals surface area (Å²) in [7, 11) is 0. The third-order valence-electron chi connectivity index (χ3n) is 4.24. The molecule has 2 aromatic rings. The first-order valence-electron chi connectivity index (χ1n) is 8.80. The van der Waals surface area contributed by atoms with Crippen molar-refractivity contribution in [2.24, 2.45) is 0 Å². The van der Waals surface area contributed by atoms with Crippen LogP contribution in [0.25, 0.3) is 0 Å². The minimum Gasteiger partial charge on any atom is -0.486 e. The summed E-state index contributed by atoms with van der Waals surface area (Å²) in [5, 5.41) is 5.63. The Kier molecular flexibility index (Phi) is 6.54. The van der Waals surface area contributed by atoms with Crippen molar-refractivity contribution in [3.63, 3.8) is 0 Å². The van der Waals surface area contributed by atoms with Crippen LogP contribution in [0.5, 0.6) is 11.5 Å². The highest BCUT2D eigenvalue weighted by atomic mass is 127. The van der Waals surface area contributed by atoms with Gasteiger partial charge in [-0.3, -0.25) is 9.59 Å². The average molecular weight is 480 g/mol. The minimum absolute atomic E-state index is 0.0785. The fourth-order valence-electron chi connectivity index (χ4n) is 2.84. The summed E-state index contributed by atoms with van der Waals surface area (Å²) in [6, 6.07) is 12.8. The van der Waals surface area contributed by atoms with Crippen molar-refractivity contribution in [3.8, 4) is 11.5 Å². The molecular formula is C20H21IN2O4. The zero-order valence-corrected chi connectivity index (χ0v) is 17.1. The molecule has 0 radical (unpaired) electrons. The highest BCUT2D eigenvalue weighted by molar-refractivity contribution is 14.1. The van der Waals surface area contributed by atoms with Crippen molar-refractivity contribution in [3.05, 3.63) is 57.2 Å². The second-order valence-electron chi connectivity index (χ2n) is 6.09. The summed E-state index contributed by atoms with van der Waals surface area (Å²) in [6.07, 6.45) is 0.718. The van der Waals surface area contributed by atoms with E-state index in [-0.39, 0.29) is 24.4 Å². The van der Waals surface area contributed by atoms with Crippen LogP contribution in [0.3, 0.4) is 0 Å². The van der Waals surface area contributed by atoms with Gasteiger partial charge in [0.25, 0.3) is 5.91 Å². The first kappa shape index (κ1) is 19.5. The number of amides is 2. The van der Waals surface area contributed by atoms with Gasteiger partial charge in [-0.15, -0.1) is 0 Å². The van der Waals surface area contributed by atoms with Gasteiger partial charge in [0, 0.05) is 3.57 Å². The van der Waals surface area contributed by atoms with Crippen molar-refractivity contribution in [2.45, 2.75) is 19.4 Å². The summed E-state index contributed by atoms with van der Waals surface area (Å²) in [4.78, 5) is 24.5. The van der Waals surface area contributed by atoms with E-state index in [1.165, 1.54) is 0 Å². The van der Waals surface area contributed by atoms with Crippen molar-refractivity contribution in [2.75, 3.05) is 19.8 Å². The number of ether oxygens (including phenoxy) is 2. The Labute approximate surface area is 171 Å². The summed E-state index contributed by atoms with van der Waals surface area (Å²) in [5.74, 6) is 0.910. The first-order valence-corrected chi connectivity index (χ1v) is 9.88. The second-order valence-corrected chi connectivity index (χ2v) is 7.26. The highest BCUT2D eigenvalue weighted by Gasteiger charge is 2.18. The fourth-order valence-corrected chi connectivity index (χ4v) is 3.48. The van der Waals surface area contributed by atoms with Gasteiger partial charge in [-0.25, -0.2) is 0 Å². The molecule has 1 atom stereocenters. The lowest BCUT2D eigenvalue weighted by molar-refractivity contribution is -0.120. The van der Waals surface area contributed by atoms with Crippen molar-refractivity contribution in [1.82, 2.24) is 10.6 Å². The Morgan fingerprint density at radius 1 is 1.11 bits per heavy atom. The van der Waals surface area contributed by atoms with Crippen LogP contribution in [-0.4, -0.2) is 31.6 Å². The molecule has 0 bridgehead atoms. The smallest absolute Gasteiger partial charge is 0.252 e. The summed E-state index contributed by atoms with van der Waals surface area (Å²) in [6.45, 7) is 2.97. The third-order valence-corrected chi connectivity index (χ3v) is 5.18. The van der Waals surface area contributed by atoms with Crippen LogP contribution < -0.4 is 20.1 Å². The molecule has 142 valence electrons. The van der Waals surface area contributed by atoms with Gasteiger partial charge in [-0.1, -0.05) is 25.1 Å². The molecule has 6 nitrogen and oxygen atoms in total. The van der Waals surface area contributed by atoms with E-state index in [0.29, 0.717) is 24.5 Å². The third kappa shape index (κ3) is 4.91. The number of hydrogen-bond acceptors (Lipinski definition) is 4. The number of nitrogens with one attached hydrogen (secondary N) is 2. The van der Waals surface area contributed by atoms with Crippen molar-refractivity contribution in [1.29, 1.82) is 0 Å². The summed E-state index contributed by atoms with van der Waals surface area (Å²) >= 11 is 2.10. The van der Waals surface area contributed by atoms with E-state index in [9.17, 15) is 9.59 Å². The average Bonchev–Trinajstić information content (AvgIpc) is 2.70. The van der Waals surface area contributed by atoms with Gasteiger partial charge in [-0.2, -0.15) is 0 Å². The van der Waals surface area contributed by atoms with Crippen LogP contribution in [0.1, 0.15) is 35.3 Å². The van der Waals surface area contributed by atoms with E-state index in [0.717, 1.165) is 21.3 Å².